The Bertz CT molecular complexity index is 1010. The summed E-state index contributed by atoms with van der Waals surface area (Å²) >= 11 is 0. The molecule has 2 aromatic rings. The third kappa shape index (κ3) is 3.65. The van der Waals surface area contributed by atoms with Crippen molar-refractivity contribution in [2.24, 2.45) is 0 Å². The SMILES string of the molecule is COc1cc2c(cc1OC)/C(=C/c1cccc(NS(C)(=O)=O)c1)C(=O)N2. The molecule has 0 bridgehead atoms. The third-order valence-corrected chi connectivity index (χ3v) is 4.41. The van der Waals surface area contributed by atoms with Crippen molar-refractivity contribution in [1.82, 2.24) is 0 Å². The number of nitrogens with one attached hydrogen (secondary N) is 2. The first-order valence-electron chi connectivity index (χ1n) is 7.68. The van der Waals surface area contributed by atoms with Crippen LogP contribution in [0.3, 0.4) is 0 Å². The van der Waals surface area contributed by atoms with Gasteiger partial charge in [0.2, 0.25) is 10.0 Å². The fourth-order valence-electron chi connectivity index (χ4n) is 2.73. The highest BCUT2D eigenvalue weighted by molar-refractivity contribution is 7.92. The van der Waals surface area contributed by atoms with E-state index < -0.39 is 10.0 Å². The van der Waals surface area contributed by atoms with Crippen LogP contribution < -0.4 is 19.5 Å². The zero-order valence-corrected chi connectivity index (χ0v) is 15.3. The van der Waals surface area contributed by atoms with Crippen molar-refractivity contribution in [3.8, 4) is 11.5 Å². The Balaban J connectivity index is 2.03. The Morgan fingerprint density at radius 3 is 2.42 bits per heavy atom. The van der Waals surface area contributed by atoms with E-state index in [0.717, 1.165) is 6.26 Å². The molecule has 0 saturated heterocycles. The lowest BCUT2D eigenvalue weighted by Crippen LogP contribution is -2.09. The maximum absolute atomic E-state index is 12.4. The van der Waals surface area contributed by atoms with Crippen LogP contribution in [0.25, 0.3) is 11.6 Å². The van der Waals surface area contributed by atoms with Crippen LogP contribution in [0.4, 0.5) is 11.4 Å². The standard InChI is InChI=1S/C18H18N2O5S/c1-24-16-9-13-14(18(21)19-15(13)10-17(16)25-2)8-11-5-4-6-12(7-11)20-26(3,22)23/h4-10,20H,1-3H3,(H,19,21)/b14-8-. The number of benzene rings is 2. The molecule has 0 aliphatic carbocycles. The number of fused-ring (bicyclic) bond motifs is 1. The summed E-state index contributed by atoms with van der Waals surface area (Å²) in [4.78, 5) is 12.4. The Labute approximate surface area is 151 Å². The van der Waals surface area contributed by atoms with Crippen LogP contribution in [0.15, 0.2) is 36.4 Å². The van der Waals surface area contributed by atoms with E-state index in [1.807, 2.05) is 0 Å². The summed E-state index contributed by atoms with van der Waals surface area (Å²) < 4.78 is 35.7. The van der Waals surface area contributed by atoms with Gasteiger partial charge in [-0.1, -0.05) is 12.1 Å². The number of anilines is 2. The van der Waals surface area contributed by atoms with Gasteiger partial charge in [0.15, 0.2) is 11.5 Å². The number of amides is 1. The van der Waals surface area contributed by atoms with Crippen LogP contribution in [-0.4, -0.2) is 34.8 Å². The van der Waals surface area contributed by atoms with Crippen molar-refractivity contribution in [2.75, 3.05) is 30.5 Å². The lowest BCUT2D eigenvalue weighted by atomic mass is 10.0. The van der Waals surface area contributed by atoms with Crippen LogP contribution >= 0.6 is 0 Å². The molecule has 0 atom stereocenters. The monoisotopic (exact) mass is 374 g/mol. The molecule has 0 spiro atoms. The van der Waals surface area contributed by atoms with Gasteiger partial charge in [0.1, 0.15) is 0 Å². The van der Waals surface area contributed by atoms with E-state index in [1.54, 1.807) is 42.5 Å². The largest absolute Gasteiger partial charge is 0.493 e. The molecular formula is C18H18N2O5S. The van der Waals surface area contributed by atoms with E-state index in [-0.39, 0.29) is 5.91 Å². The molecular weight excluding hydrogens is 356 g/mol. The molecule has 0 saturated carbocycles. The zero-order valence-electron chi connectivity index (χ0n) is 14.5. The summed E-state index contributed by atoms with van der Waals surface area (Å²) in [6.07, 6.45) is 2.78. The van der Waals surface area contributed by atoms with Crippen molar-refractivity contribution < 1.29 is 22.7 Å². The summed E-state index contributed by atoms with van der Waals surface area (Å²) in [5.41, 5.74) is 2.88. The smallest absolute Gasteiger partial charge is 0.256 e. The van der Waals surface area contributed by atoms with E-state index in [4.69, 9.17) is 9.47 Å². The second-order valence-corrected chi connectivity index (χ2v) is 7.51. The molecule has 26 heavy (non-hydrogen) atoms. The predicted molar refractivity (Wildman–Crippen MR) is 101 cm³/mol. The number of ether oxygens (including phenoxy) is 2. The number of carbonyl (C=O) groups excluding carboxylic acids is 1. The number of hydrogen-bond donors (Lipinski definition) is 2. The van der Waals surface area contributed by atoms with Crippen LogP contribution in [0.5, 0.6) is 11.5 Å². The molecule has 0 fully saturated rings. The topological polar surface area (TPSA) is 93.7 Å². The molecule has 136 valence electrons. The molecule has 1 heterocycles. The summed E-state index contributed by atoms with van der Waals surface area (Å²) in [5.74, 6) is 0.782. The molecule has 1 aliphatic heterocycles. The Morgan fingerprint density at radius 1 is 1.08 bits per heavy atom. The molecule has 0 aromatic heterocycles. The van der Waals surface area contributed by atoms with Gasteiger partial charge in [0.25, 0.3) is 5.91 Å². The quantitative estimate of drug-likeness (QED) is 0.785. The average Bonchev–Trinajstić information content (AvgIpc) is 2.87. The molecule has 1 aliphatic rings. The van der Waals surface area contributed by atoms with E-state index in [9.17, 15) is 13.2 Å². The molecule has 8 heteroatoms. The average molecular weight is 374 g/mol. The highest BCUT2D eigenvalue weighted by atomic mass is 32.2. The van der Waals surface area contributed by atoms with Gasteiger partial charge in [-0.2, -0.15) is 0 Å². The van der Waals surface area contributed by atoms with Gasteiger partial charge in [-0.15, -0.1) is 0 Å². The highest BCUT2D eigenvalue weighted by Gasteiger charge is 2.26. The van der Waals surface area contributed by atoms with Crippen LogP contribution in [0.2, 0.25) is 0 Å². The van der Waals surface area contributed by atoms with E-state index >= 15 is 0 Å². The molecule has 3 rings (SSSR count). The number of carbonyl (C=O) groups is 1. The summed E-state index contributed by atoms with van der Waals surface area (Å²) in [6, 6.07) is 10.2. The van der Waals surface area contributed by atoms with Crippen molar-refractivity contribution in [2.45, 2.75) is 0 Å². The van der Waals surface area contributed by atoms with Gasteiger partial charge >= 0.3 is 0 Å². The van der Waals surface area contributed by atoms with Crippen LogP contribution in [-0.2, 0) is 14.8 Å². The summed E-state index contributed by atoms with van der Waals surface area (Å²) in [6.45, 7) is 0. The molecule has 1 amide bonds. The van der Waals surface area contributed by atoms with Crippen molar-refractivity contribution in [1.29, 1.82) is 0 Å². The molecule has 2 aromatic carbocycles. The molecule has 2 N–H and O–H groups in total. The van der Waals surface area contributed by atoms with Crippen molar-refractivity contribution in [3.63, 3.8) is 0 Å². The maximum atomic E-state index is 12.4. The zero-order chi connectivity index (χ0) is 18.9. The summed E-state index contributed by atoms with van der Waals surface area (Å²) in [5, 5.41) is 2.79. The summed E-state index contributed by atoms with van der Waals surface area (Å²) in [7, 11) is -0.326. The lowest BCUT2D eigenvalue weighted by molar-refractivity contribution is -0.110. The minimum Gasteiger partial charge on any atom is -0.493 e. The van der Waals surface area contributed by atoms with Gasteiger partial charge in [-0.05, 0) is 29.8 Å². The van der Waals surface area contributed by atoms with Crippen LogP contribution in [0, 0.1) is 0 Å². The van der Waals surface area contributed by atoms with E-state index in [1.165, 1.54) is 14.2 Å². The third-order valence-electron chi connectivity index (χ3n) is 3.81. The second-order valence-electron chi connectivity index (χ2n) is 5.76. The lowest BCUT2D eigenvalue weighted by Gasteiger charge is -2.09. The highest BCUT2D eigenvalue weighted by Crippen LogP contribution is 2.41. The van der Waals surface area contributed by atoms with Gasteiger partial charge in [0, 0.05) is 22.9 Å². The van der Waals surface area contributed by atoms with Gasteiger partial charge in [-0.25, -0.2) is 8.42 Å². The first-order chi connectivity index (χ1) is 12.3. The normalized spacial score (nSPS) is 14.7. The minimum absolute atomic E-state index is 0.253. The number of rotatable bonds is 5. The van der Waals surface area contributed by atoms with E-state index in [2.05, 4.69) is 10.0 Å². The fourth-order valence-corrected chi connectivity index (χ4v) is 3.29. The van der Waals surface area contributed by atoms with Crippen LogP contribution in [0.1, 0.15) is 11.1 Å². The van der Waals surface area contributed by atoms with E-state index in [0.29, 0.717) is 39.6 Å². The number of methoxy groups -OCH3 is 2. The number of sulfonamides is 1. The first-order valence-corrected chi connectivity index (χ1v) is 9.57. The van der Waals surface area contributed by atoms with Gasteiger partial charge in [0.05, 0.1) is 26.2 Å². The molecule has 0 radical (unpaired) electrons. The Morgan fingerprint density at radius 2 is 1.77 bits per heavy atom. The minimum atomic E-state index is -3.38. The van der Waals surface area contributed by atoms with Crippen molar-refractivity contribution >= 4 is 39.0 Å². The van der Waals surface area contributed by atoms with Gasteiger partial charge < -0.3 is 14.8 Å². The van der Waals surface area contributed by atoms with Crippen molar-refractivity contribution in [3.05, 3.63) is 47.5 Å². The Kier molecular flexibility index (Phi) is 4.60. The molecule has 0 unspecified atom stereocenters. The maximum Gasteiger partial charge on any atom is 0.256 e. The van der Waals surface area contributed by atoms with Gasteiger partial charge in [-0.3, -0.25) is 9.52 Å². The Hall–Kier alpha value is -3.00. The first kappa shape index (κ1) is 17.8. The second kappa shape index (κ2) is 6.72. The fraction of sp³-hybridized carbons (Fsp3) is 0.167. The predicted octanol–water partition coefficient (Wildman–Crippen LogP) is 2.57. The number of hydrogen-bond acceptors (Lipinski definition) is 5. The molecule has 7 nitrogen and oxygen atoms in total.